The van der Waals surface area contributed by atoms with Crippen LogP contribution < -0.4 is 11.0 Å². The Bertz CT molecular complexity index is 978. The number of benzene rings is 2. The minimum Gasteiger partial charge on any atom is -0.324 e. The summed E-state index contributed by atoms with van der Waals surface area (Å²) in [6.45, 7) is 4.09. The number of aromatic amines is 2. The van der Waals surface area contributed by atoms with Gasteiger partial charge in [0.25, 0.3) is 0 Å². The third kappa shape index (κ3) is 3.73. The average Bonchev–Trinajstić information content (AvgIpc) is 2.85. The number of carbonyl (C=O) groups is 1. The summed E-state index contributed by atoms with van der Waals surface area (Å²) < 4.78 is 0.718. The summed E-state index contributed by atoms with van der Waals surface area (Å²) in [6, 6.07) is 9.68. The molecule has 0 spiro atoms. The van der Waals surface area contributed by atoms with Gasteiger partial charge in [-0.25, -0.2) is 4.79 Å². The predicted molar refractivity (Wildman–Crippen MR) is 102 cm³/mol. The number of imidazole rings is 1. The Hall–Kier alpha value is -1.99. The van der Waals surface area contributed by atoms with E-state index in [2.05, 4.69) is 37.3 Å². The minimum absolute atomic E-state index is 0.0992. The molecule has 1 amide bonds. The molecule has 0 aliphatic heterocycles. The zero-order valence-electron chi connectivity index (χ0n) is 13.2. The van der Waals surface area contributed by atoms with Crippen molar-refractivity contribution < 1.29 is 4.79 Å². The molecule has 0 bridgehead atoms. The Balaban J connectivity index is 1.70. The first-order chi connectivity index (χ1) is 11.4. The van der Waals surface area contributed by atoms with E-state index >= 15 is 0 Å². The molecule has 24 heavy (non-hydrogen) atoms. The Morgan fingerprint density at radius 3 is 2.58 bits per heavy atom. The summed E-state index contributed by atoms with van der Waals surface area (Å²) >= 11 is 4.92. The molecule has 3 N–H and O–H groups in total. The van der Waals surface area contributed by atoms with Crippen molar-refractivity contribution in [3.8, 4) is 0 Å². The van der Waals surface area contributed by atoms with E-state index in [0.29, 0.717) is 22.5 Å². The molecule has 124 valence electrons. The van der Waals surface area contributed by atoms with E-state index in [-0.39, 0.29) is 11.6 Å². The van der Waals surface area contributed by atoms with E-state index in [0.717, 1.165) is 9.37 Å². The van der Waals surface area contributed by atoms with Crippen molar-refractivity contribution in [1.29, 1.82) is 0 Å². The van der Waals surface area contributed by atoms with Crippen LogP contribution in [-0.4, -0.2) is 21.6 Å². The second-order valence-corrected chi connectivity index (χ2v) is 7.43. The lowest BCUT2D eigenvalue weighted by Gasteiger charge is -2.09. The fraction of sp³-hybridized carbons (Fsp3) is 0.176. The van der Waals surface area contributed by atoms with E-state index in [9.17, 15) is 9.59 Å². The maximum atomic E-state index is 12.2. The quantitative estimate of drug-likeness (QED) is 0.574. The largest absolute Gasteiger partial charge is 0.324 e. The van der Waals surface area contributed by atoms with Crippen LogP contribution in [0.3, 0.4) is 0 Å². The van der Waals surface area contributed by atoms with E-state index < -0.39 is 0 Å². The van der Waals surface area contributed by atoms with Crippen molar-refractivity contribution in [2.24, 2.45) is 0 Å². The lowest BCUT2D eigenvalue weighted by atomic mass is 10.2. The first kappa shape index (κ1) is 16.9. The van der Waals surface area contributed by atoms with E-state index in [4.69, 9.17) is 0 Å². The zero-order chi connectivity index (χ0) is 17.3. The predicted octanol–water partition coefficient (Wildman–Crippen LogP) is 3.97. The molecular weight excluding hydrogens is 390 g/mol. The number of amides is 1. The molecule has 0 aliphatic rings. The van der Waals surface area contributed by atoms with Crippen LogP contribution in [0, 0.1) is 13.8 Å². The maximum Gasteiger partial charge on any atom is 0.323 e. The molecule has 1 heterocycles. The Kier molecular flexibility index (Phi) is 4.82. The monoisotopic (exact) mass is 405 g/mol. The van der Waals surface area contributed by atoms with Crippen molar-refractivity contribution in [2.75, 3.05) is 11.1 Å². The Morgan fingerprint density at radius 2 is 1.88 bits per heavy atom. The fourth-order valence-corrected chi connectivity index (χ4v) is 3.69. The first-order valence-corrected chi connectivity index (χ1v) is 9.11. The van der Waals surface area contributed by atoms with Gasteiger partial charge in [-0.3, -0.25) is 4.79 Å². The van der Waals surface area contributed by atoms with Crippen LogP contribution in [0.15, 0.2) is 44.5 Å². The van der Waals surface area contributed by atoms with E-state index in [1.165, 1.54) is 22.9 Å². The minimum atomic E-state index is -0.272. The number of nitrogens with one attached hydrogen (secondary N) is 3. The van der Waals surface area contributed by atoms with Crippen LogP contribution in [-0.2, 0) is 4.79 Å². The van der Waals surface area contributed by atoms with Crippen LogP contribution in [0.1, 0.15) is 11.1 Å². The summed E-state index contributed by atoms with van der Waals surface area (Å²) in [5.74, 6) is 0.218. The highest BCUT2D eigenvalue weighted by molar-refractivity contribution is 9.10. The van der Waals surface area contributed by atoms with Crippen molar-refractivity contribution in [2.45, 2.75) is 18.7 Å². The van der Waals surface area contributed by atoms with Gasteiger partial charge in [-0.1, -0.05) is 17.7 Å². The van der Waals surface area contributed by atoms with Gasteiger partial charge >= 0.3 is 5.69 Å². The van der Waals surface area contributed by atoms with Crippen LogP contribution >= 0.6 is 27.7 Å². The van der Waals surface area contributed by atoms with Crippen LogP contribution in [0.2, 0.25) is 0 Å². The standard InChI is InChI=1S/C17H16BrN3O2S/c1-9-3-4-15(10(2)5-9)24-8-16(22)19-12-7-14-13(6-11(12)18)20-17(23)21-14/h3-7H,8H2,1-2H3,(H,19,22)(H2,20,21,23). The summed E-state index contributed by atoms with van der Waals surface area (Å²) in [5, 5.41) is 2.87. The van der Waals surface area contributed by atoms with Crippen molar-refractivity contribution in [1.82, 2.24) is 9.97 Å². The number of halogens is 1. The van der Waals surface area contributed by atoms with Crippen LogP contribution in [0.4, 0.5) is 5.69 Å². The summed E-state index contributed by atoms with van der Waals surface area (Å²) in [6.07, 6.45) is 0. The zero-order valence-corrected chi connectivity index (χ0v) is 15.6. The molecule has 0 atom stereocenters. The van der Waals surface area contributed by atoms with Crippen molar-refractivity contribution in [3.63, 3.8) is 0 Å². The van der Waals surface area contributed by atoms with Crippen molar-refractivity contribution >= 4 is 50.3 Å². The number of aryl methyl sites for hydroxylation is 2. The Labute approximate surface area is 151 Å². The van der Waals surface area contributed by atoms with Crippen LogP contribution in [0.25, 0.3) is 11.0 Å². The highest BCUT2D eigenvalue weighted by atomic mass is 79.9. The second-order valence-electron chi connectivity index (χ2n) is 5.56. The summed E-state index contributed by atoms with van der Waals surface area (Å²) in [5.41, 5.74) is 4.07. The number of hydrogen-bond acceptors (Lipinski definition) is 3. The second kappa shape index (κ2) is 6.86. The number of thioether (sulfide) groups is 1. The normalized spacial score (nSPS) is 11.0. The maximum absolute atomic E-state index is 12.2. The van der Waals surface area contributed by atoms with Crippen LogP contribution in [0.5, 0.6) is 0 Å². The number of hydrogen-bond donors (Lipinski definition) is 3. The van der Waals surface area contributed by atoms with Gasteiger partial charge in [0.05, 0.1) is 22.5 Å². The third-order valence-corrected chi connectivity index (χ3v) is 5.40. The van der Waals surface area contributed by atoms with Gasteiger partial charge in [-0.05, 0) is 53.5 Å². The SMILES string of the molecule is Cc1ccc(SCC(=O)Nc2cc3[nH]c(=O)[nH]c3cc2Br)c(C)c1. The Morgan fingerprint density at radius 1 is 1.17 bits per heavy atom. The first-order valence-electron chi connectivity index (χ1n) is 7.34. The summed E-state index contributed by atoms with van der Waals surface area (Å²) in [4.78, 5) is 30.0. The van der Waals surface area contributed by atoms with Crippen molar-refractivity contribution in [3.05, 3.63) is 56.4 Å². The number of carbonyl (C=O) groups excluding carboxylic acids is 1. The number of aromatic nitrogens is 2. The van der Waals surface area contributed by atoms with Gasteiger partial charge in [0.15, 0.2) is 0 Å². The molecule has 0 saturated carbocycles. The highest BCUT2D eigenvalue weighted by Gasteiger charge is 2.10. The molecule has 2 aromatic carbocycles. The molecule has 0 aliphatic carbocycles. The molecule has 7 heteroatoms. The number of rotatable bonds is 4. The third-order valence-electron chi connectivity index (χ3n) is 3.57. The molecule has 3 rings (SSSR count). The molecule has 1 aromatic heterocycles. The van der Waals surface area contributed by atoms with Gasteiger partial charge in [0.2, 0.25) is 5.91 Å². The fourth-order valence-electron chi connectivity index (χ4n) is 2.44. The molecule has 0 saturated heterocycles. The molecule has 0 unspecified atom stereocenters. The number of fused-ring (bicyclic) bond motifs is 1. The van der Waals surface area contributed by atoms with E-state index in [1.807, 2.05) is 26.0 Å². The van der Waals surface area contributed by atoms with Gasteiger partial charge in [-0.15, -0.1) is 11.8 Å². The smallest absolute Gasteiger partial charge is 0.323 e. The van der Waals surface area contributed by atoms with Gasteiger partial charge in [0, 0.05) is 9.37 Å². The molecule has 3 aromatic rings. The van der Waals surface area contributed by atoms with E-state index in [1.54, 1.807) is 12.1 Å². The lowest BCUT2D eigenvalue weighted by Crippen LogP contribution is -2.14. The van der Waals surface area contributed by atoms with Gasteiger partial charge in [-0.2, -0.15) is 0 Å². The summed E-state index contributed by atoms with van der Waals surface area (Å²) in [7, 11) is 0. The van der Waals surface area contributed by atoms with Gasteiger partial charge < -0.3 is 15.3 Å². The molecule has 0 radical (unpaired) electrons. The molecular formula is C17H16BrN3O2S. The average molecular weight is 406 g/mol. The topological polar surface area (TPSA) is 77.8 Å². The molecule has 0 fully saturated rings. The molecule has 5 nitrogen and oxygen atoms in total. The number of anilines is 1. The van der Waals surface area contributed by atoms with Gasteiger partial charge in [0.1, 0.15) is 0 Å². The highest BCUT2D eigenvalue weighted by Crippen LogP contribution is 2.27. The lowest BCUT2D eigenvalue weighted by molar-refractivity contribution is -0.113. The number of H-pyrrole nitrogens is 2.